The average molecular weight is 241 g/mol. The fourth-order valence-electron chi connectivity index (χ4n) is 1.35. The predicted octanol–water partition coefficient (Wildman–Crippen LogP) is 1.92. The van der Waals surface area contributed by atoms with E-state index in [2.05, 4.69) is 11.2 Å². The van der Waals surface area contributed by atoms with Gasteiger partial charge in [-0.2, -0.15) is 0 Å². The number of terminal acetylenes is 1. The van der Waals surface area contributed by atoms with Crippen LogP contribution in [0.3, 0.4) is 0 Å². The molecule has 0 aliphatic heterocycles. The third-order valence-electron chi connectivity index (χ3n) is 1.98. The van der Waals surface area contributed by atoms with Crippen molar-refractivity contribution in [2.24, 2.45) is 5.92 Å². The van der Waals surface area contributed by atoms with Crippen LogP contribution in [0.25, 0.3) is 0 Å². The monoisotopic (exact) mass is 241 g/mol. The summed E-state index contributed by atoms with van der Waals surface area (Å²) in [5, 5.41) is 12.2. The molecule has 0 fully saturated rings. The maximum absolute atomic E-state index is 11.6. The Hall–Kier alpha value is -1.21. The normalized spacial score (nSPS) is 14.9. The first-order chi connectivity index (χ1) is 7.65. The zero-order chi connectivity index (χ0) is 13.6. The van der Waals surface area contributed by atoms with Crippen LogP contribution in [0.5, 0.6) is 0 Å². The summed E-state index contributed by atoms with van der Waals surface area (Å²) >= 11 is 0. The Morgan fingerprint density at radius 3 is 2.35 bits per heavy atom. The van der Waals surface area contributed by atoms with Crippen LogP contribution in [-0.2, 0) is 4.74 Å². The van der Waals surface area contributed by atoms with E-state index in [1.54, 1.807) is 20.8 Å². The topological polar surface area (TPSA) is 58.6 Å². The number of hydrogen-bond donors (Lipinski definition) is 2. The van der Waals surface area contributed by atoms with Crippen LogP contribution in [0.4, 0.5) is 4.79 Å². The number of hydrogen-bond acceptors (Lipinski definition) is 3. The Morgan fingerprint density at radius 2 is 2.00 bits per heavy atom. The molecule has 0 spiro atoms. The lowest BCUT2D eigenvalue weighted by Gasteiger charge is -2.25. The van der Waals surface area contributed by atoms with Crippen LogP contribution in [0.2, 0.25) is 0 Å². The third-order valence-corrected chi connectivity index (χ3v) is 1.98. The summed E-state index contributed by atoms with van der Waals surface area (Å²) in [4.78, 5) is 11.6. The van der Waals surface area contributed by atoms with E-state index < -0.39 is 23.8 Å². The van der Waals surface area contributed by atoms with E-state index in [1.807, 2.05) is 13.8 Å². The molecule has 0 heterocycles. The minimum absolute atomic E-state index is 0.318. The highest BCUT2D eigenvalue weighted by atomic mass is 16.6. The summed E-state index contributed by atoms with van der Waals surface area (Å²) in [6, 6.07) is -0.477. The zero-order valence-corrected chi connectivity index (χ0v) is 11.3. The van der Waals surface area contributed by atoms with E-state index in [-0.39, 0.29) is 0 Å². The predicted molar refractivity (Wildman–Crippen MR) is 67.5 cm³/mol. The first kappa shape index (κ1) is 15.8. The molecule has 0 radical (unpaired) electrons. The van der Waals surface area contributed by atoms with Crippen molar-refractivity contribution in [3.05, 3.63) is 0 Å². The number of ether oxygens (including phenoxy) is 1. The van der Waals surface area contributed by atoms with E-state index in [0.29, 0.717) is 12.3 Å². The maximum atomic E-state index is 11.6. The SMILES string of the molecule is C#C[C@H](O)[C@H](CC(C)C)NC(=O)OC(C)(C)C. The standard InChI is InChI=1S/C13H23NO3/c1-7-11(15)10(8-9(2)3)14-12(16)17-13(4,5)6/h1,9-11,15H,8H2,2-6H3,(H,14,16)/t10-,11-/m0/s1. The van der Waals surface area contributed by atoms with Crippen LogP contribution in [-0.4, -0.2) is 28.9 Å². The van der Waals surface area contributed by atoms with E-state index in [9.17, 15) is 9.90 Å². The van der Waals surface area contributed by atoms with Gasteiger partial charge >= 0.3 is 6.09 Å². The van der Waals surface area contributed by atoms with Gasteiger partial charge in [0.1, 0.15) is 11.7 Å². The van der Waals surface area contributed by atoms with Crippen molar-refractivity contribution in [3.8, 4) is 12.3 Å². The number of alkyl carbamates (subject to hydrolysis) is 1. The molecule has 0 unspecified atom stereocenters. The van der Waals surface area contributed by atoms with Crippen LogP contribution < -0.4 is 5.32 Å². The van der Waals surface area contributed by atoms with Gasteiger partial charge in [0.2, 0.25) is 0 Å². The lowest BCUT2D eigenvalue weighted by atomic mass is 10.00. The molecule has 4 heteroatoms. The molecule has 2 atom stereocenters. The lowest BCUT2D eigenvalue weighted by molar-refractivity contribution is 0.0447. The molecular weight excluding hydrogens is 218 g/mol. The molecular formula is C13H23NO3. The molecule has 0 saturated heterocycles. The fraction of sp³-hybridized carbons (Fsp3) is 0.769. The van der Waals surface area contributed by atoms with Gasteiger partial charge in [0.15, 0.2) is 0 Å². The van der Waals surface area contributed by atoms with Gasteiger partial charge in [0.25, 0.3) is 0 Å². The first-order valence-electron chi connectivity index (χ1n) is 5.79. The van der Waals surface area contributed by atoms with E-state index in [4.69, 9.17) is 11.2 Å². The number of nitrogens with one attached hydrogen (secondary N) is 1. The minimum Gasteiger partial charge on any atom is -0.444 e. The van der Waals surface area contributed by atoms with Crippen molar-refractivity contribution in [3.63, 3.8) is 0 Å². The van der Waals surface area contributed by atoms with Gasteiger partial charge in [0.05, 0.1) is 6.04 Å². The van der Waals surface area contributed by atoms with Crippen LogP contribution in [0.15, 0.2) is 0 Å². The number of carbonyl (C=O) groups excluding carboxylic acids is 1. The molecule has 0 aromatic carbocycles. The highest BCUT2D eigenvalue weighted by Gasteiger charge is 2.24. The average Bonchev–Trinajstić information content (AvgIpc) is 2.11. The molecule has 0 bridgehead atoms. The van der Waals surface area contributed by atoms with Crippen molar-refractivity contribution < 1.29 is 14.6 Å². The lowest BCUT2D eigenvalue weighted by Crippen LogP contribution is -2.45. The summed E-state index contributed by atoms with van der Waals surface area (Å²) in [5.41, 5.74) is -0.562. The number of aliphatic hydroxyl groups is 1. The summed E-state index contributed by atoms with van der Waals surface area (Å²) in [5.74, 6) is 2.54. The quantitative estimate of drug-likeness (QED) is 0.739. The maximum Gasteiger partial charge on any atom is 0.407 e. The van der Waals surface area contributed by atoms with Gasteiger partial charge in [-0.25, -0.2) is 4.79 Å². The van der Waals surface area contributed by atoms with Gasteiger partial charge in [0, 0.05) is 0 Å². The molecule has 2 N–H and O–H groups in total. The molecule has 17 heavy (non-hydrogen) atoms. The second kappa shape index (κ2) is 6.51. The van der Waals surface area contributed by atoms with Crippen molar-refractivity contribution in [2.45, 2.75) is 58.8 Å². The number of carbonyl (C=O) groups is 1. The van der Waals surface area contributed by atoms with Crippen LogP contribution in [0, 0.1) is 18.3 Å². The zero-order valence-electron chi connectivity index (χ0n) is 11.3. The molecule has 0 saturated carbocycles. The first-order valence-corrected chi connectivity index (χ1v) is 5.79. The smallest absolute Gasteiger partial charge is 0.407 e. The number of aliphatic hydroxyl groups excluding tert-OH is 1. The number of amides is 1. The van der Waals surface area contributed by atoms with Crippen molar-refractivity contribution in [2.75, 3.05) is 0 Å². The van der Waals surface area contributed by atoms with Crippen molar-refractivity contribution in [1.82, 2.24) is 5.32 Å². The Labute approximate surface area is 104 Å². The highest BCUT2D eigenvalue weighted by Crippen LogP contribution is 2.11. The molecule has 0 aromatic rings. The Bertz CT molecular complexity index is 286. The Morgan fingerprint density at radius 1 is 1.47 bits per heavy atom. The van der Waals surface area contributed by atoms with Crippen molar-refractivity contribution in [1.29, 1.82) is 0 Å². The Balaban J connectivity index is 4.44. The molecule has 4 nitrogen and oxygen atoms in total. The molecule has 0 aliphatic carbocycles. The largest absolute Gasteiger partial charge is 0.444 e. The van der Waals surface area contributed by atoms with E-state index in [1.165, 1.54) is 0 Å². The number of rotatable bonds is 4. The van der Waals surface area contributed by atoms with E-state index >= 15 is 0 Å². The van der Waals surface area contributed by atoms with Gasteiger partial charge in [-0.1, -0.05) is 19.8 Å². The fourth-order valence-corrected chi connectivity index (χ4v) is 1.35. The van der Waals surface area contributed by atoms with Gasteiger partial charge in [-0.05, 0) is 33.1 Å². The van der Waals surface area contributed by atoms with Gasteiger partial charge < -0.3 is 15.2 Å². The summed E-state index contributed by atoms with van der Waals surface area (Å²) < 4.78 is 5.11. The molecule has 0 aliphatic rings. The molecule has 0 aromatic heterocycles. The molecule has 98 valence electrons. The van der Waals surface area contributed by atoms with Crippen LogP contribution >= 0.6 is 0 Å². The van der Waals surface area contributed by atoms with Gasteiger partial charge in [-0.15, -0.1) is 6.42 Å². The van der Waals surface area contributed by atoms with Gasteiger partial charge in [-0.3, -0.25) is 0 Å². The summed E-state index contributed by atoms with van der Waals surface area (Å²) in [6.07, 6.45) is 4.21. The molecule has 0 rings (SSSR count). The Kier molecular flexibility index (Phi) is 6.04. The summed E-state index contributed by atoms with van der Waals surface area (Å²) in [7, 11) is 0. The van der Waals surface area contributed by atoms with E-state index in [0.717, 1.165) is 0 Å². The van der Waals surface area contributed by atoms with Crippen LogP contribution in [0.1, 0.15) is 41.0 Å². The summed E-state index contributed by atoms with van der Waals surface area (Å²) in [6.45, 7) is 9.32. The second-order valence-electron chi connectivity index (χ2n) is 5.49. The van der Waals surface area contributed by atoms with Crippen molar-refractivity contribution >= 4 is 6.09 Å². The molecule has 1 amide bonds. The second-order valence-corrected chi connectivity index (χ2v) is 5.49. The minimum atomic E-state index is -0.995. The highest BCUT2D eigenvalue weighted by molar-refractivity contribution is 5.68. The third kappa shape index (κ3) is 7.64.